The molecule has 1 saturated heterocycles. The molecule has 2 heterocycles. The Balaban J connectivity index is 1.32. The number of piperidine rings is 1. The van der Waals surface area contributed by atoms with Crippen molar-refractivity contribution in [3.05, 3.63) is 60.3 Å². The number of carboxylic acid groups (broad SMARTS) is 1. The third-order valence-electron chi connectivity index (χ3n) is 7.50. The Labute approximate surface area is 224 Å². The van der Waals surface area contributed by atoms with Crippen LogP contribution >= 0.6 is 11.8 Å². The van der Waals surface area contributed by atoms with Gasteiger partial charge in [-0.2, -0.15) is 0 Å². The quantitative estimate of drug-likeness (QED) is 0.269. The molecule has 198 valence electrons. The second-order valence-electron chi connectivity index (χ2n) is 9.79. The van der Waals surface area contributed by atoms with Crippen molar-refractivity contribution in [2.45, 2.75) is 43.4 Å². The van der Waals surface area contributed by atoms with Crippen LogP contribution in [0.15, 0.2) is 59.6 Å². The van der Waals surface area contributed by atoms with Crippen LogP contribution in [0.5, 0.6) is 11.5 Å². The lowest BCUT2D eigenvalue weighted by molar-refractivity contribution is -0.137. The fourth-order valence-electron chi connectivity index (χ4n) is 5.48. The minimum atomic E-state index is -0.695. The summed E-state index contributed by atoms with van der Waals surface area (Å²) in [4.78, 5) is 19.5. The van der Waals surface area contributed by atoms with Gasteiger partial charge in [0.1, 0.15) is 11.5 Å². The van der Waals surface area contributed by atoms with Crippen molar-refractivity contribution >= 4 is 28.6 Å². The second kappa shape index (κ2) is 13.7. The van der Waals surface area contributed by atoms with Crippen LogP contribution < -0.4 is 9.47 Å². The van der Waals surface area contributed by atoms with Crippen molar-refractivity contribution in [2.24, 2.45) is 11.8 Å². The van der Waals surface area contributed by atoms with Gasteiger partial charge in [-0.1, -0.05) is 12.1 Å². The number of carboxylic acids is 1. The predicted molar refractivity (Wildman–Crippen MR) is 150 cm³/mol. The molecule has 6 nitrogen and oxygen atoms in total. The highest BCUT2D eigenvalue weighted by molar-refractivity contribution is 7.99. The summed E-state index contributed by atoms with van der Waals surface area (Å²) in [5.74, 6) is 3.07. The molecule has 0 radical (unpaired) electrons. The van der Waals surface area contributed by atoms with Crippen LogP contribution in [0.1, 0.15) is 37.7 Å². The predicted octanol–water partition coefficient (Wildman–Crippen LogP) is 6.17. The van der Waals surface area contributed by atoms with Crippen LogP contribution in [-0.4, -0.2) is 60.6 Å². The Hall–Kier alpha value is -2.77. The maximum absolute atomic E-state index is 11.4. The molecule has 0 bridgehead atoms. The largest absolute Gasteiger partial charge is 0.497 e. The number of nitrogens with zero attached hydrogens (tertiary/aromatic N) is 2. The van der Waals surface area contributed by atoms with Crippen LogP contribution in [0.4, 0.5) is 0 Å². The normalized spacial score (nSPS) is 18.1. The first-order valence-electron chi connectivity index (χ1n) is 13.2. The number of benzene rings is 2. The zero-order valence-electron chi connectivity index (χ0n) is 21.9. The molecule has 1 N–H and O–H groups in total. The average Bonchev–Trinajstić information content (AvgIpc) is 2.92. The van der Waals surface area contributed by atoms with Gasteiger partial charge in [0.25, 0.3) is 0 Å². The van der Waals surface area contributed by atoms with Crippen LogP contribution in [0, 0.1) is 11.8 Å². The number of ether oxygens (including phenoxy) is 2. The van der Waals surface area contributed by atoms with Gasteiger partial charge in [-0.3, -0.25) is 9.78 Å². The molecular formula is C30H38N2O4S. The molecule has 1 aromatic heterocycles. The van der Waals surface area contributed by atoms with Gasteiger partial charge in [-0.05, 0) is 92.4 Å². The molecular weight excluding hydrogens is 484 g/mol. The lowest BCUT2D eigenvalue weighted by Crippen LogP contribution is -2.41. The topological polar surface area (TPSA) is 71.9 Å². The average molecular weight is 523 g/mol. The van der Waals surface area contributed by atoms with E-state index in [2.05, 4.69) is 28.1 Å². The zero-order chi connectivity index (χ0) is 26.0. The van der Waals surface area contributed by atoms with Gasteiger partial charge >= 0.3 is 5.97 Å². The molecule has 2 atom stereocenters. The van der Waals surface area contributed by atoms with Crippen LogP contribution in [-0.2, 0) is 11.2 Å². The number of pyridine rings is 1. The Bertz CT molecular complexity index is 1170. The molecule has 7 heteroatoms. The van der Waals surface area contributed by atoms with E-state index in [1.807, 2.05) is 48.3 Å². The first-order chi connectivity index (χ1) is 18.1. The van der Waals surface area contributed by atoms with Gasteiger partial charge in [-0.15, -0.1) is 11.8 Å². The van der Waals surface area contributed by atoms with E-state index in [1.54, 1.807) is 14.2 Å². The van der Waals surface area contributed by atoms with Crippen molar-refractivity contribution in [1.82, 2.24) is 9.88 Å². The third kappa shape index (κ3) is 7.62. The summed E-state index contributed by atoms with van der Waals surface area (Å²) in [6.07, 6.45) is 7.24. The molecule has 0 amide bonds. The number of fused-ring (bicyclic) bond motifs is 1. The molecule has 0 aliphatic carbocycles. The Morgan fingerprint density at radius 2 is 1.97 bits per heavy atom. The molecule has 37 heavy (non-hydrogen) atoms. The van der Waals surface area contributed by atoms with Gasteiger partial charge in [0.2, 0.25) is 0 Å². The Morgan fingerprint density at radius 1 is 1.11 bits per heavy atom. The number of hydrogen-bond acceptors (Lipinski definition) is 6. The number of carbonyl (C=O) groups is 1. The number of methoxy groups -OCH3 is 2. The smallest absolute Gasteiger partial charge is 0.303 e. The maximum Gasteiger partial charge on any atom is 0.303 e. The first-order valence-corrected chi connectivity index (χ1v) is 14.2. The van der Waals surface area contributed by atoms with Crippen LogP contribution in [0.25, 0.3) is 10.9 Å². The van der Waals surface area contributed by atoms with Gasteiger partial charge in [0, 0.05) is 41.7 Å². The molecule has 0 spiro atoms. The minimum absolute atomic E-state index is 0.250. The number of hydrogen-bond donors (Lipinski definition) is 1. The lowest BCUT2D eigenvalue weighted by atomic mass is 9.79. The van der Waals surface area contributed by atoms with Gasteiger partial charge in [0.05, 0.1) is 19.7 Å². The fraction of sp³-hybridized carbons (Fsp3) is 0.467. The number of aliphatic carboxylic acids is 1. The summed E-state index contributed by atoms with van der Waals surface area (Å²) >= 11 is 1.83. The van der Waals surface area contributed by atoms with E-state index in [4.69, 9.17) is 9.47 Å². The number of para-hydroxylation sites is 1. The lowest BCUT2D eigenvalue weighted by Gasteiger charge is -2.39. The monoisotopic (exact) mass is 522 g/mol. The van der Waals surface area contributed by atoms with Crippen molar-refractivity contribution < 1.29 is 19.4 Å². The number of aryl methyl sites for hydroxylation is 1. The molecule has 0 saturated carbocycles. The molecule has 2 aromatic carbocycles. The number of thioether (sulfide) groups is 1. The number of rotatable bonds is 13. The zero-order valence-corrected chi connectivity index (χ0v) is 22.7. The van der Waals surface area contributed by atoms with Crippen molar-refractivity contribution in [1.29, 1.82) is 0 Å². The van der Waals surface area contributed by atoms with E-state index in [0.29, 0.717) is 11.8 Å². The molecule has 1 aliphatic rings. The summed E-state index contributed by atoms with van der Waals surface area (Å²) < 4.78 is 10.9. The highest BCUT2D eigenvalue weighted by Gasteiger charge is 2.29. The van der Waals surface area contributed by atoms with E-state index < -0.39 is 5.97 Å². The first kappa shape index (κ1) is 27.3. The van der Waals surface area contributed by atoms with E-state index in [-0.39, 0.29) is 6.42 Å². The van der Waals surface area contributed by atoms with E-state index in [9.17, 15) is 9.90 Å². The van der Waals surface area contributed by atoms with Gasteiger partial charge in [0.15, 0.2) is 0 Å². The Morgan fingerprint density at radius 3 is 2.78 bits per heavy atom. The summed E-state index contributed by atoms with van der Waals surface area (Å²) in [5.41, 5.74) is 2.30. The van der Waals surface area contributed by atoms with E-state index >= 15 is 0 Å². The van der Waals surface area contributed by atoms with Gasteiger partial charge in [-0.25, -0.2) is 0 Å². The number of aromatic nitrogens is 1. The van der Waals surface area contributed by atoms with Gasteiger partial charge < -0.3 is 19.5 Å². The second-order valence-corrected chi connectivity index (χ2v) is 10.9. The molecule has 3 aromatic rings. The Kier molecular flexibility index (Phi) is 10.1. The van der Waals surface area contributed by atoms with Crippen molar-refractivity contribution in [2.75, 3.05) is 39.6 Å². The maximum atomic E-state index is 11.4. The van der Waals surface area contributed by atoms with Crippen LogP contribution in [0.3, 0.4) is 0 Å². The molecule has 2 unspecified atom stereocenters. The summed E-state index contributed by atoms with van der Waals surface area (Å²) in [7, 11) is 3.41. The highest BCUT2D eigenvalue weighted by atomic mass is 32.2. The highest BCUT2D eigenvalue weighted by Crippen LogP contribution is 2.33. The van der Waals surface area contributed by atoms with E-state index in [0.717, 1.165) is 79.9 Å². The summed E-state index contributed by atoms with van der Waals surface area (Å²) in [6, 6.07) is 16.3. The molecule has 4 rings (SSSR count). The standard InChI is InChI=1S/C30H38N2O4S/c1-35-25-11-12-27-26(20-25)23(14-16-31-27)7-5-6-22-15-17-32(21-24(22)10-13-30(33)34)18-19-37-29-9-4-3-8-28(29)36-2/h3-4,8-9,11-12,14,16,20,22,24H,5-7,10,13,15,17-19,21H2,1-2H3,(H,33,34). The van der Waals surface area contributed by atoms with E-state index in [1.165, 1.54) is 10.5 Å². The third-order valence-corrected chi connectivity index (χ3v) is 8.53. The molecule has 1 aliphatic heterocycles. The van der Waals surface area contributed by atoms with Crippen molar-refractivity contribution in [3.8, 4) is 11.5 Å². The molecule has 1 fully saturated rings. The fourth-order valence-corrected chi connectivity index (χ4v) is 6.52. The summed E-state index contributed by atoms with van der Waals surface area (Å²) in [6.45, 7) is 3.07. The number of likely N-dealkylation sites (tertiary alicyclic amines) is 1. The minimum Gasteiger partial charge on any atom is -0.497 e. The SMILES string of the molecule is COc1ccc2nccc(CCCC3CCN(CCSc4ccccc4OC)CC3CCC(=O)O)c2c1. The summed E-state index contributed by atoms with van der Waals surface area (Å²) in [5, 5.41) is 10.5. The van der Waals surface area contributed by atoms with Crippen molar-refractivity contribution in [3.63, 3.8) is 0 Å². The van der Waals surface area contributed by atoms with Crippen LogP contribution in [0.2, 0.25) is 0 Å².